The molecular formula is C22H22N4O2. The van der Waals surface area contributed by atoms with Gasteiger partial charge in [-0.1, -0.05) is 30.3 Å². The van der Waals surface area contributed by atoms with Crippen LogP contribution < -0.4 is 15.5 Å². The molecule has 4 rings (SSSR count). The summed E-state index contributed by atoms with van der Waals surface area (Å²) in [6.45, 7) is 3.01. The summed E-state index contributed by atoms with van der Waals surface area (Å²) in [7, 11) is 0. The Morgan fingerprint density at radius 2 is 1.68 bits per heavy atom. The molecule has 28 heavy (non-hydrogen) atoms. The summed E-state index contributed by atoms with van der Waals surface area (Å²) < 4.78 is 5.43. The maximum atomic E-state index is 12.8. The van der Waals surface area contributed by atoms with E-state index < -0.39 is 0 Å². The number of anilines is 4. The number of nitrogens with one attached hydrogen (secondary N) is 2. The molecule has 2 aromatic carbocycles. The molecule has 142 valence electrons. The van der Waals surface area contributed by atoms with E-state index in [0.717, 1.165) is 35.8 Å². The molecule has 0 atom stereocenters. The molecule has 6 heteroatoms. The molecule has 6 nitrogen and oxygen atoms in total. The second kappa shape index (κ2) is 8.54. The first-order chi connectivity index (χ1) is 13.8. The normalized spacial score (nSPS) is 13.8. The Morgan fingerprint density at radius 1 is 0.929 bits per heavy atom. The average molecular weight is 374 g/mol. The van der Waals surface area contributed by atoms with Crippen LogP contribution in [0.4, 0.5) is 22.7 Å². The van der Waals surface area contributed by atoms with Gasteiger partial charge in [0.15, 0.2) is 0 Å². The summed E-state index contributed by atoms with van der Waals surface area (Å²) >= 11 is 0. The van der Waals surface area contributed by atoms with Gasteiger partial charge in [-0.05, 0) is 30.3 Å². The summed E-state index contributed by atoms with van der Waals surface area (Å²) in [6, 6.07) is 19.4. The maximum Gasteiger partial charge on any atom is 0.257 e. The zero-order chi connectivity index (χ0) is 19.2. The first kappa shape index (κ1) is 18.0. The first-order valence-corrected chi connectivity index (χ1v) is 9.30. The molecule has 1 saturated heterocycles. The minimum atomic E-state index is -0.190. The molecule has 1 aliphatic rings. The van der Waals surface area contributed by atoms with E-state index in [1.807, 2.05) is 54.6 Å². The van der Waals surface area contributed by atoms with Gasteiger partial charge in [0.25, 0.3) is 5.91 Å². The van der Waals surface area contributed by atoms with E-state index >= 15 is 0 Å². The van der Waals surface area contributed by atoms with Crippen LogP contribution in [-0.4, -0.2) is 37.2 Å². The molecule has 2 heterocycles. The van der Waals surface area contributed by atoms with E-state index in [0.29, 0.717) is 18.8 Å². The van der Waals surface area contributed by atoms with Crippen LogP contribution >= 0.6 is 0 Å². The molecule has 1 aromatic heterocycles. The van der Waals surface area contributed by atoms with Crippen LogP contribution in [0, 0.1) is 0 Å². The molecule has 1 fully saturated rings. The topological polar surface area (TPSA) is 66.5 Å². The Balaban J connectivity index is 1.51. The van der Waals surface area contributed by atoms with E-state index in [-0.39, 0.29) is 5.91 Å². The molecular weight excluding hydrogens is 352 g/mol. The van der Waals surface area contributed by atoms with E-state index in [2.05, 4.69) is 20.5 Å². The van der Waals surface area contributed by atoms with Crippen LogP contribution in [0.3, 0.4) is 0 Å². The van der Waals surface area contributed by atoms with Gasteiger partial charge in [-0.3, -0.25) is 9.78 Å². The Kier molecular flexibility index (Phi) is 5.49. The maximum absolute atomic E-state index is 12.8. The van der Waals surface area contributed by atoms with Crippen molar-refractivity contribution in [2.75, 3.05) is 41.8 Å². The molecule has 2 N–H and O–H groups in total. The molecule has 1 amide bonds. The second-order valence-corrected chi connectivity index (χ2v) is 6.52. The number of nitrogens with zero attached hydrogens (tertiary/aromatic N) is 2. The standard InChI is InChI=1S/C22H22N4O2/c27-22(17-14-19(16-23-15-17)24-18-6-2-1-3-7-18)25-20-8-4-5-9-21(20)26-10-12-28-13-11-26/h1-9,14-16,24H,10-13H2,(H,25,27). The molecule has 1 aliphatic heterocycles. The summed E-state index contributed by atoms with van der Waals surface area (Å²) in [5.74, 6) is -0.190. The molecule has 0 saturated carbocycles. The van der Waals surface area contributed by atoms with Gasteiger partial charge in [0.05, 0.1) is 42.0 Å². The Morgan fingerprint density at radius 3 is 2.50 bits per heavy atom. The van der Waals surface area contributed by atoms with Gasteiger partial charge in [-0.15, -0.1) is 0 Å². The summed E-state index contributed by atoms with van der Waals surface area (Å²) in [6.07, 6.45) is 3.27. The molecule has 0 radical (unpaired) electrons. The van der Waals surface area contributed by atoms with Crippen molar-refractivity contribution in [3.8, 4) is 0 Å². The molecule has 0 bridgehead atoms. The highest BCUT2D eigenvalue weighted by Gasteiger charge is 2.16. The number of amides is 1. The summed E-state index contributed by atoms with van der Waals surface area (Å²) in [5, 5.41) is 6.29. The minimum Gasteiger partial charge on any atom is -0.378 e. The van der Waals surface area contributed by atoms with Gasteiger partial charge >= 0.3 is 0 Å². The second-order valence-electron chi connectivity index (χ2n) is 6.52. The lowest BCUT2D eigenvalue weighted by Gasteiger charge is -2.30. The Bertz CT molecular complexity index is 940. The lowest BCUT2D eigenvalue weighted by atomic mass is 10.2. The number of rotatable bonds is 5. The van der Waals surface area contributed by atoms with Crippen molar-refractivity contribution < 1.29 is 9.53 Å². The third-order valence-electron chi connectivity index (χ3n) is 4.57. The highest BCUT2D eigenvalue weighted by molar-refractivity contribution is 6.06. The van der Waals surface area contributed by atoms with Crippen molar-refractivity contribution in [2.24, 2.45) is 0 Å². The average Bonchev–Trinajstić information content (AvgIpc) is 2.76. The molecule has 3 aromatic rings. The number of ether oxygens (including phenoxy) is 1. The zero-order valence-electron chi connectivity index (χ0n) is 15.5. The molecule has 0 aliphatic carbocycles. The largest absolute Gasteiger partial charge is 0.378 e. The molecule has 0 unspecified atom stereocenters. The fourth-order valence-electron chi connectivity index (χ4n) is 3.17. The van der Waals surface area contributed by atoms with Crippen molar-refractivity contribution in [3.05, 3.63) is 78.6 Å². The third-order valence-corrected chi connectivity index (χ3v) is 4.57. The van der Waals surface area contributed by atoms with Crippen LogP contribution in [0.5, 0.6) is 0 Å². The van der Waals surface area contributed by atoms with Crippen molar-refractivity contribution in [1.82, 2.24) is 4.98 Å². The third kappa shape index (κ3) is 4.29. The first-order valence-electron chi connectivity index (χ1n) is 9.30. The fraction of sp³-hybridized carbons (Fsp3) is 0.182. The number of para-hydroxylation sites is 3. The van der Waals surface area contributed by atoms with Gasteiger partial charge in [0, 0.05) is 25.0 Å². The summed E-state index contributed by atoms with van der Waals surface area (Å²) in [4.78, 5) is 19.3. The van der Waals surface area contributed by atoms with Crippen LogP contribution in [0.1, 0.15) is 10.4 Å². The number of carbonyl (C=O) groups is 1. The lowest BCUT2D eigenvalue weighted by molar-refractivity contribution is 0.102. The predicted molar refractivity (Wildman–Crippen MR) is 111 cm³/mol. The summed E-state index contributed by atoms with van der Waals surface area (Å²) in [5.41, 5.74) is 4.00. The molecule has 0 spiro atoms. The Labute approximate surface area is 164 Å². The van der Waals surface area contributed by atoms with Gasteiger partial charge in [-0.25, -0.2) is 0 Å². The van der Waals surface area contributed by atoms with E-state index in [9.17, 15) is 4.79 Å². The minimum absolute atomic E-state index is 0.190. The van der Waals surface area contributed by atoms with Gasteiger partial charge < -0.3 is 20.3 Å². The van der Waals surface area contributed by atoms with Crippen LogP contribution in [0.15, 0.2) is 73.1 Å². The number of hydrogen-bond acceptors (Lipinski definition) is 5. The number of morpholine rings is 1. The van der Waals surface area contributed by atoms with Crippen LogP contribution in [0.25, 0.3) is 0 Å². The van der Waals surface area contributed by atoms with E-state index in [4.69, 9.17) is 4.74 Å². The number of benzene rings is 2. The van der Waals surface area contributed by atoms with Crippen LogP contribution in [0.2, 0.25) is 0 Å². The van der Waals surface area contributed by atoms with Crippen molar-refractivity contribution in [1.29, 1.82) is 0 Å². The van der Waals surface area contributed by atoms with Gasteiger partial charge in [0.2, 0.25) is 0 Å². The number of aromatic nitrogens is 1. The smallest absolute Gasteiger partial charge is 0.257 e. The highest BCUT2D eigenvalue weighted by Crippen LogP contribution is 2.27. The highest BCUT2D eigenvalue weighted by atomic mass is 16.5. The van der Waals surface area contributed by atoms with Crippen molar-refractivity contribution in [2.45, 2.75) is 0 Å². The number of carbonyl (C=O) groups excluding carboxylic acids is 1. The van der Waals surface area contributed by atoms with Crippen LogP contribution in [-0.2, 0) is 4.74 Å². The zero-order valence-corrected chi connectivity index (χ0v) is 15.5. The van der Waals surface area contributed by atoms with Crippen molar-refractivity contribution >= 4 is 28.7 Å². The Hall–Kier alpha value is -3.38. The number of hydrogen-bond donors (Lipinski definition) is 2. The monoisotopic (exact) mass is 374 g/mol. The SMILES string of the molecule is O=C(Nc1ccccc1N1CCOCC1)c1cncc(Nc2ccccc2)c1. The quantitative estimate of drug-likeness (QED) is 0.709. The van der Waals surface area contributed by atoms with E-state index in [1.165, 1.54) is 0 Å². The number of pyridine rings is 1. The fourth-order valence-corrected chi connectivity index (χ4v) is 3.17. The van der Waals surface area contributed by atoms with E-state index in [1.54, 1.807) is 18.5 Å². The van der Waals surface area contributed by atoms with Gasteiger partial charge in [-0.2, -0.15) is 0 Å². The predicted octanol–water partition coefficient (Wildman–Crippen LogP) is 3.91. The van der Waals surface area contributed by atoms with Crippen molar-refractivity contribution in [3.63, 3.8) is 0 Å². The lowest BCUT2D eigenvalue weighted by Crippen LogP contribution is -2.36. The van der Waals surface area contributed by atoms with Gasteiger partial charge in [0.1, 0.15) is 0 Å².